The van der Waals surface area contributed by atoms with Crippen LogP contribution in [-0.4, -0.2) is 171 Å². The van der Waals surface area contributed by atoms with Gasteiger partial charge in [0.05, 0.1) is 64.1 Å². The number of methoxy groups -OCH3 is 2. The summed E-state index contributed by atoms with van der Waals surface area (Å²) in [5.41, 5.74) is 1.23. The average Bonchev–Trinajstić information content (AvgIpc) is 3.39. The first-order valence-corrected chi connectivity index (χ1v) is 27.3. The number of hydrogen-bond acceptors (Lipinski definition) is 16. The van der Waals surface area contributed by atoms with Crippen LogP contribution in [0.4, 0.5) is 0 Å². The zero-order valence-electron chi connectivity index (χ0n) is 45.7. The molecule has 0 spiro atoms. The molecule has 1 unspecified atom stereocenters. The lowest BCUT2D eigenvalue weighted by atomic mass is 9.78. The fourth-order valence-corrected chi connectivity index (χ4v) is 11.3. The van der Waals surface area contributed by atoms with Gasteiger partial charge in [-0.1, -0.05) is 71.1 Å². The second kappa shape index (κ2) is 29.9. The molecule has 0 aromatic heterocycles. The third kappa shape index (κ3) is 17.0. The molecule has 74 heavy (non-hydrogen) atoms. The molecule has 3 N–H and O–H groups in total. The number of amides is 1. The van der Waals surface area contributed by atoms with Crippen molar-refractivity contribution in [1.29, 1.82) is 0 Å². The third-order valence-electron chi connectivity index (χ3n) is 16.0. The number of nitrogens with zero attached hydrogens (tertiary/aromatic N) is 1. The minimum atomic E-state index is -2.48. The van der Waals surface area contributed by atoms with E-state index in [1.165, 1.54) is 12.0 Å². The maximum Gasteiger partial charge on any atom is 0.329 e. The molecule has 0 aromatic carbocycles. The highest BCUT2D eigenvalue weighted by Crippen LogP contribution is 2.38. The Morgan fingerprint density at radius 3 is 2.34 bits per heavy atom. The maximum atomic E-state index is 14.6. The highest BCUT2D eigenvalue weighted by atomic mass is 16.6. The van der Waals surface area contributed by atoms with Gasteiger partial charge in [-0.25, -0.2) is 4.79 Å². The van der Waals surface area contributed by atoms with Crippen molar-refractivity contribution in [3.8, 4) is 0 Å². The monoisotopic (exact) mass is 1040 g/mol. The standard InChI is InChI=1S/C57H89NO16/c1-35-15-11-10-12-16-36(2)48(72-34-44-33-69-25-26-70-44)31-43-20-18-41(7)57(66,74-43)54(63)55(64)58-22-14-13-17-45(58)56(65)73-49(38(4)29-42-19-21-47(71-24-23-59)50(30-42)67-8)32-46(60)37(3)28-40(6)52(62)53(68-9)51(61)39(5)27-35/h10-12,15-16,28,35,37-39,41-45,47-50,52-53,59,62,66H,13-14,17-27,29-34H2,1-9H3/b12-10+,15-11+,36-16+,40-28+/t35-,37-,38-,39-,41-,42+,43+,44+,45+,47-,48?,49+,50-,52-,53+,57-/m1/s1. The van der Waals surface area contributed by atoms with Crippen molar-refractivity contribution in [2.75, 3.05) is 60.4 Å². The number of aliphatic hydroxyl groups excluding tert-OH is 2. The Morgan fingerprint density at radius 2 is 1.64 bits per heavy atom. The van der Waals surface area contributed by atoms with Crippen LogP contribution >= 0.6 is 0 Å². The molecule has 2 bridgehead atoms. The number of cyclic esters (lactones) is 1. The van der Waals surface area contributed by atoms with Gasteiger partial charge in [0, 0.05) is 51.4 Å². The molecule has 0 radical (unpaired) electrons. The molecule has 4 fully saturated rings. The van der Waals surface area contributed by atoms with Crippen molar-refractivity contribution in [2.24, 2.45) is 35.5 Å². The lowest BCUT2D eigenvalue weighted by molar-refractivity contribution is -0.266. The normalized spacial score (nSPS) is 39.2. The summed E-state index contributed by atoms with van der Waals surface area (Å²) >= 11 is 0. The van der Waals surface area contributed by atoms with E-state index in [0.717, 1.165) is 12.0 Å². The molecule has 0 aromatic rings. The smallest absolute Gasteiger partial charge is 0.329 e. The summed E-state index contributed by atoms with van der Waals surface area (Å²) in [7, 11) is 3.01. The zero-order valence-corrected chi connectivity index (χ0v) is 45.7. The topological polar surface area (TPSA) is 223 Å². The van der Waals surface area contributed by atoms with E-state index in [1.54, 1.807) is 34.0 Å². The molecule has 5 aliphatic rings. The van der Waals surface area contributed by atoms with Gasteiger partial charge in [-0.2, -0.15) is 0 Å². The van der Waals surface area contributed by atoms with Gasteiger partial charge in [-0.15, -0.1) is 0 Å². The van der Waals surface area contributed by atoms with Gasteiger partial charge < -0.3 is 58.1 Å². The zero-order chi connectivity index (χ0) is 54.1. The van der Waals surface area contributed by atoms with Crippen molar-refractivity contribution in [3.63, 3.8) is 0 Å². The summed E-state index contributed by atoms with van der Waals surface area (Å²) in [6, 6.07) is -1.17. The van der Waals surface area contributed by atoms with E-state index in [-0.39, 0.29) is 93.3 Å². The largest absolute Gasteiger partial charge is 0.460 e. The first-order chi connectivity index (χ1) is 35.3. The van der Waals surface area contributed by atoms with Crippen molar-refractivity contribution < 1.29 is 77.2 Å². The summed E-state index contributed by atoms with van der Waals surface area (Å²) in [5.74, 6) is -8.18. The highest BCUT2D eigenvalue weighted by Gasteiger charge is 2.53. The number of aliphatic hydroxyl groups is 3. The van der Waals surface area contributed by atoms with E-state index in [9.17, 15) is 39.3 Å². The number of rotatable bonds is 11. The van der Waals surface area contributed by atoms with Gasteiger partial charge >= 0.3 is 5.97 Å². The first kappa shape index (κ1) is 61.4. The number of hydrogen-bond donors (Lipinski definition) is 3. The first-order valence-electron chi connectivity index (χ1n) is 27.3. The minimum absolute atomic E-state index is 0.0101. The van der Waals surface area contributed by atoms with Crippen LogP contribution in [0.3, 0.4) is 0 Å². The molecule has 17 heteroatoms. The lowest BCUT2D eigenvalue weighted by Gasteiger charge is -2.43. The van der Waals surface area contributed by atoms with Crippen molar-refractivity contribution >= 4 is 29.2 Å². The van der Waals surface area contributed by atoms with E-state index in [0.29, 0.717) is 76.8 Å². The third-order valence-corrected chi connectivity index (χ3v) is 16.0. The fourth-order valence-electron chi connectivity index (χ4n) is 11.3. The van der Waals surface area contributed by atoms with Gasteiger partial charge in [0.1, 0.15) is 36.2 Å². The Kier molecular flexibility index (Phi) is 24.8. The Bertz CT molecular complexity index is 1960. The molecule has 1 amide bonds. The number of carbonyl (C=O) groups is 5. The van der Waals surface area contributed by atoms with E-state index in [4.69, 9.17) is 37.9 Å². The second-order valence-electron chi connectivity index (χ2n) is 21.8. The van der Waals surface area contributed by atoms with Crippen LogP contribution in [0.1, 0.15) is 126 Å². The quantitative estimate of drug-likeness (QED) is 0.123. The van der Waals surface area contributed by atoms with Gasteiger partial charge in [-0.3, -0.25) is 19.2 Å². The van der Waals surface area contributed by atoms with Crippen molar-refractivity contribution in [3.05, 3.63) is 47.6 Å². The predicted octanol–water partition coefficient (Wildman–Crippen LogP) is 5.98. The maximum absolute atomic E-state index is 14.6. The van der Waals surface area contributed by atoms with Crippen LogP contribution in [0.15, 0.2) is 47.6 Å². The molecule has 1 saturated carbocycles. The van der Waals surface area contributed by atoms with Crippen molar-refractivity contribution in [2.45, 2.75) is 186 Å². The summed E-state index contributed by atoms with van der Waals surface area (Å²) < 4.78 is 47.9. The summed E-state index contributed by atoms with van der Waals surface area (Å²) in [6.07, 6.45) is 11.3. The molecule has 418 valence electrons. The number of allylic oxidation sites excluding steroid dienone is 6. The number of esters is 1. The van der Waals surface area contributed by atoms with Gasteiger partial charge in [-0.05, 0) is 107 Å². The summed E-state index contributed by atoms with van der Waals surface area (Å²) in [4.78, 5) is 72.9. The molecule has 1 aliphatic carbocycles. The number of piperidine rings is 1. The van der Waals surface area contributed by atoms with Gasteiger partial charge in [0.2, 0.25) is 5.79 Å². The molecule has 17 nitrogen and oxygen atoms in total. The number of Topliss-reactive ketones (excluding diaryl/α,β-unsaturated/α-hetero) is 3. The lowest BCUT2D eigenvalue weighted by Crippen LogP contribution is -2.61. The Hall–Kier alpha value is -3.49. The molecule has 5 rings (SSSR count). The van der Waals surface area contributed by atoms with Crippen LogP contribution < -0.4 is 0 Å². The SMILES string of the molecule is CO[C@@H]1C[C@H](C[C@@H](C)[C@@H]2CC(=O)[C@H](C)/C=C(\C)[C@@H](O)[C@@H](OC)C(=O)[C@H](C)C[C@H](C)/C=C/C=C/C=C(\C)C(OC[C@@H]3COCCO3)C[C@@H]3CC[C@@H](C)[C@@](O)(O3)C(=O)C(=O)N3CCCC[C@H]3C(=O)O2)CC[C@H]1OCCO. The van der Waals surface area contributed by atoms with Gasteiger partial charge in [0.15, 0.2) is 5.78 Å². The van der Waals surface area contributed by atoms with E-state index in [1.807, 2.05) is 58.1 Å². The van der Waals surface area contributed by atoms with Crippen LogP contribution in [0.2, 0.25) is 0 Å². The summed E-state index contributed by atoms with van der Waals surface area (Å²) in [5, 5.41) is 33.1. The Balaban J connectivity index is 1.47. The second-order valence-corrected chi connectivity index (χ2v) is 21.8. The van der Waals surface area contributed by atoms with Crippen LogP contribution in [0.25, 0.3) is 0 Å². The molecule has 3 saturated heterocycles. The fraction of sp³-hybridized carbons (Fsp3) is 0.772. The number of carbonyl (C=O) groups excluding carboxylic acids is 5. The van der Waals surface area contributed by atoms with Crippen LogP contribution in [0, 0.1) is 35.5 Å². The van der Waals surface area contributed by atoms with E-state index in [2.05, 4.69) is 0 Å². The molecule has 4 aliphatic heterocycles. The Labute approximate surface area is 439 Å². The molecular formula is C57H89NO16. The Morgan fingerprint density at radius 1 is 0.865 bits per heavy atom. The molecule has 4 heterocycles. The predicted molar refractivity (Wildman–Crippen MR) is 275 cm³/mol. The summed E-state index contributed by atoms with van der Waals surface area (Å²) in [6.45, 7) is 14.4. The van der Waals surface area contributed by atoms with E-state index >= 15 is 0 Å². The average molecular weight is 1040 g/mol. The van der Waals surface area contributed by atoms with Gasteiger partial charge in [0.25, 0.3) is 11.7 Å². The number of ether oxygens (including phenoxy) is 8. The highest BCUT2D eigenvalue weighted by molar-refractivity contribution is 6.39. The molecular weight excluding hydrogens is 955 g/mol. The van der Waals surface area contributed by atoms with Crippen LogP contribution in [-0.2, 0) is 61.9 Å². The number of fused-ring (bicyclic) bond motifs is 3. The minimum Gasteiger partial charge on any atom is -0.460 e. The van der Waals surface area contributed by atoms with E-state index < -0.39 is 77.8 Å². The molecule has 16 atom stereocenters. The van der Waals surface area contributed by atoms with Crippen LogP contribution in [0.5, 0.6) is 0 Å². The number of ketones is 3. The van der Waals surface area contributed by atoms with Crippen molar-refractivity contribution in [1.82, 2.24) is 4.90 Å².